The van der Waals surface area contributed by atoms with Gasteiger partial charge < -0.3 is 15.2 Å². The van der Waals surface area contributed by atoms with Crippen LogP contribution in [0.5, 0.6) is 0 Å². The molecule has 1 amide bonds. The Labute approximate surface area is 115 Å². The molecule has 1 aromatic heterocycles. The molecular formula is C11H17N5O4. The minimum Gasteiger partial charge on any atom is -0.476 e. The van der Waals surface area contributed by atoms with Crippen molar-refractivity contribution in [1.29, 1.82) is 0 Å². The highest BCUT2D eigenvalue weighted by atomic mass is 16.5. The van der Waals surface area contributed by atoms with Gasteiger partial charge in [-0.2, -0.15) is 0 Å². The van der Waals surface area contributed by atoms with E-state index >= 15 is 0 Å². The highest BCUT2D eigenvalue weighted by molar-refractivity contribution is 5.84. The van der Waals surface area contributed by atoms with Crippen molar-refractivity contribution in [2.24, 2.45) is 0 Å². The van der Waals surface area contributed by atoms with E-state index in [-0.39, 0.29) is 17.6 Å². The van der Waals surface area contributed by atoms with Crippen molar-refractivity contribution >= 4 is 11.9 Å². The molecule has 1 aromatic rings. The highest BCUT2D eigenvalue weighted by Gasteiger charge is 2.28. The Hall–Kier alpha value is -2.00. The smallest absolute Gasteiger partial charge is 0.358 e. The molecule has 1 atom stereocenters. The van der Waals surface area contributed by atoms with E-state index in [2.05, 4.69) is 15.6 Å². The van der Waals surface area contributed by atoms with Crippen molar-refractivity contribution in [3.8, 4) is 0 Å². The largest absolute Gasteiger partial charge is 0.476 e. The zero-order chi connectivity index (χ0) is 14.5. The number of hydrogen-bond acceptors (Lipinski definition) is 6. The summed E-state index contributed by atoms with van der Waals surface area (Å²) in [7, 11) is 1.59. The lowest BCUT2D eigenvalue weighted by Crippen LogP contribution is -2.53. The van der Waals surface area contributed by atoms with Crippen LogP contribution in [-0.4, -0.2) is 76.3 Å². The number of carbonyl (C=O) groups is 2. The van der Waals surface area contributed by atoms with Crippen LogP contribution in [0, 0.1) is 0 Å². The number of carboxylic acids is 1. The molecular weight excluding hydrogens is 266 g/mol. The lowest BCUT2D eigenvalue weighted by Gasteiger charge is -2.34. The average Bonchev–Trinajstić information content (AvgIpc) is 2.93. The molecule has 1 unspecified atom stereocenters. The predicted molar refractivity (Wildman–Crippen MR) is 67.2 cm³/mol. The van der Waals surface area contributed by atoms with Crippen LogP contribution in [0.3, 0.4) is 0 Å². The first-order valence-corrected chi connectivity index (χ1v) is 6.28. The van der Waals surface area contributed by atoms with E-state index in [4.69, 9.17) is 9.84 Å². The number of carbonyl (C=O) groups excluding carboxylic acids is 1. The van der Waals surface area contributed by atoms with Gasteiger partial charge in [0.1, 0.15) is 6.04 Å². The normalized spacial score (nSPS) is 19.8. The molecule has 2 rings (SSSR count). The summed E-state index contributed by atoms with van der Waals surface area (Å²) in [6, 6.07) is -0.323. The molecule has 20 heavy (non-hydrogen) atoms. The second kappa shape index (κ2) is 6.44. The maximum absolute atomic E-state index is 11.7. The van der Waals surface area contributed by atoms with Gasteiger partial charge in [-0.05, 0) is 0 Å². The van der Waals surface area contributed by atoms with Gasteiger partial charge in [0, 0.05) is 20.1 Å². The van der Waals surface area contributed by atoms with Crippen molar-refractivity contribution in [1.82, 2.24) is 25.2 Å². The van der Waals surface area contributed by atoms with Crippen molar-refractivity contribution in [2.45, 2.75) is 12.6 Å². The van der Waals surface area contributed by atoms with Gasteiger partial charge >= 0.3 is 5.97 Å². The third kappa shape index (κ3) is 3.31. The number of rotatable bonds is 5. The van der Waals surface area contributed by atoms with Gasteiger partial charge in [-0.3, -0.25) is 14.4 Å². The number of nitrogens with zero attached hydrogens (tertiary/aromatic N) is 4. The van der Waals surface area contributed by atoms with Crippen LogP contribution >= 0.6 is 0 Å². The minimum absolute atomic E-state index is 0.0881. The molecule has 9 heteroatoms. The van der Waals surface area contributed by atoms with Crippen molar-refractivity contribution in [2.75, 3.05) is 33.4 Å². The number of aromatic carboxylic acids is 1. The van der Waals surface area contributed by atoms with Crippen LogP contribution in [0.1, 0.15) is 10.5 Å². The predicted octanol–water partition coefficient (Wildman–Crippen LogP) is -1.58. The van der Waals surface area contributed by atoms with Crippen LogP contribution in [0.4, 0.5) is 0 Å². The number of likely N-dealkylation sites (N-methyl/N-ethyl adjacent to an activating group) is 1. The fourth-order valence-corrected chi connectivity index (χ4v) is 2.05. The van der Waals surface area contributed by atoms with Crippen LogP contribution < -0.4 is 5.32 Å². The van der Waals surface area contributed by atoms with Gasteiger partial charge in [0.15, 0.2) is 5.69 Å². The molecule has 0 saturated carbocycles. The number of amides is 1. The first kappa shape index (κ1) is 14.4. The monoisotopic (exact) mass is 283 g/mol. The van der Waals surface area contributed by atoms with Crippen LogP contribution in [-0.2, 0) is 16.1 Å². The SMILES string of the molecule is CNC(=O)C1COCCN1CCn1cc(C(=O)O)nn1. The van der Waals surface area contributed by atoms with Gasteiger partial charge in [0.2, 0.25) is 5.91 Å². The van der Waals surface area contributed by atoms with Gasteiger partial charge in [-0.25, -0.2) is 4.79 Å². The molecule has 1 aliphatic rings. The second-order valence-corrected chi connectivity index (χ2v) is 4.41. The molecule has 0 aromatic carbocycles. The zero-order valence-corrected chi connectivity index (χ0v) is 11.2. The summed E-state index contributed by atoms with van der Waals surface area (Å²) in [4.78, 5) is 24.4. The summed E-state index contributed by atoms with van der Waals surface area (Å²) in [6.07, 6.45) is 1.37. The quantitative estimate of drug-likeness (QED) is 0.671. The van der Waals surface area contributed by atoms with Gasteiger partial charge in [-0.15, -0.1) is 5.10 Å². The number of hydrogen-bond donors (Lipinski definition) is 2. The summed E-state index contributed by atoms with van der Waals surface area (Å²) in [6.45, 7) is 2.62. The molecule has 0 bridgehead atoms. The number of nitrogens with one attached hydrogen (secondary N) is 1. The first-order valence-electron chi connectivity index (χ1n) is 6.28. The van der Waals surface area contributed by atoms with Crippen molar-refractivity contribution in [3.05, 3.63) is 11.9 Å². The van der Waals surface area contributed by atoms with Gasteiger partial charge in [0.05, 0.1) is 26.0 Å². The maximum Gasteiger partial charge on any atom is 0.358 e. The van der Waals surface area contributed by atoms with E-state index in [1.807, 2.05) is 4.90 Å². The molecule has 1 saturated heterocycles. The number of aromatic nitrogens is 3. The molecule has 1 aliphatic heterocycles. The van der Waals surface area contributed by atoms with E-state index in [0.717, 1.165) is 0 Å². The van der Waals surface area contributed by atoms with E-state index in [1.54, 1.807) is 7.05 Å². The van der Waals surface area contributed by atoms with Crippen molar-refractivity contribution < 1.29 is 19.4 Å². The minimum atomic E-state index is -1.11. The molecule has 110 valence electrons. The Bertz CT molecular complexity index is 489. The Balaban J connectivity index is 1.93. The molecule has 9 nitrogen and oxygen atoms in total. The summed E-state index contributed by atoms with van der Waals surface area (Å²) in [5, 5.41) is 18.7. The average molecular weight is 283 g/mol. The lowest BCUT2D eigenvalue weighted by molar-refractivity contribution is -0.132. The fourth-order valence-electron chi connectivity index (χ4n) is 2.05. The first-order chi connectivity index (χ1) is 9.61. The Kier molecular flexibility index (Phi) is 4.64. The number of carboxylic acid groups (broad SMARTS) is 1. The third-order valence-electron chi connectivity index (χ3n) is 3.16. The standard InChI is InChI=1S/C11H17N5O4/c1-12-10(17)9-7-20-5-4-15(9)2-3-16-6-8(11(18)19)13-14-16/h6,9H,2-5,7H2,1H3,(H,12,17)(H,18,19). The summed E-state index contributed by atoms with van der Waals surface area (Å²) in [5.41, 5.74) is -0.0881. The van der Waals surface area contributed by atoms with Crippen molar-refractivity contribution in [3.63, 3.8) is 0 Å². The van der Waals surface area contributed by atoms with E-state index < -0.39 is 5.97 Å². The Morgan fingerprint density at radius 1 is 1.55 bits per heavy atom. The van der Waals surface area contributed by atoms with Gasteiger partial charge in [-0.1, -0.05) is 5.21 Å². The second-order valence-electron chi connectivity index (χ2n) is 4.41. The van der Waals surface area contributed by atoms with E-state index in [1.165, 1.54) is 10.9 Å². The molecule has 1 fully saturated rings. The maximum atomic E-state index is 11.7. The topological polar surface area (TPSA) is 110 Å². The molecule has 0 radical (unpaired) electrons. The van der Waals surface area contributed by atoms with Crippen LogP contribution in [0.2, 0.25) is 0 Å². The summed E-state index contributed by atoms with van der Waals surface area (Å²) in [5.74, 6) is -1.19. The summed E-state index contributed by atoms with van der Waals surface area (Å²) < 4.78 is 6.77. The lowest BCUT2D eigenvalue weighted by atomic mass is 10.2. The van der Waals surface area contributed by atoms with Gasteiger partial charge in [0.25, 0.3) is 0 Å². The molecule has 2 N–H and O–H groups in total. The van der Waals surface area contributed by atoms with E-state index in [9.17, 15) is 9.59 Å². The zero-order valence-electron chi connectivity index (χ0n) is 11.2. The fraction of sp³-hybridized carbons (Fsp3) is 0.636. The molecule has 0 aliphatic carbocycles. The van der Waals surface area contributed by atoms with E-state index in [0.29, 0.717) is 32.8 Å². The van der Waals surface area contributed by atoms with Crippen LogP contribution in [0.15, 0.2) is 6.20 Å². The Morgan fingerprint density at radius 3 is 3.00 bits per heavy atom. The molecule has 2 heterocycles. The Morgan fingerprint density at radius 2 is 2.35 bits per heavy atom. The summed E-state index contributed by atoms with van der Waals surface area (Å²) >= 11 is 0. The van der Waals surface area contributed by atoms with Crippen LogP contribution in [0.25, 0.3) is 0 Å². The molecule has 0 spiro atoms. The number of ether oxygens (including phenoxy) is 1. The number of morpholine rings is 1. The highest BCUT2D eigenvalue weighted by Crippen LogP contribution is 2.07. The third-order valence-corrected chi connectivity index (χ3v) is 3.16.